The smallest absolute Gasteiger partial charge is 0.229 e. The molecule has 6 nitrogen and oxygen atoms in total. The standard InChI is InChI=1S/C18H19N5O.ClH/c1-12(24)19-13-7-6-8-14(11-13)20-18-21-16-10-5-4-9-15(16)17(22-18)23(2)3;/h4-11H,1-3H3,(H,19,24)(H,20,21,22);1H. The van der Waals surface area contributed by atoms with Gasteiger partial charge in [-0.3, -0.25) is 4.79 Å². The maximum atomic E-state index is 11.2. The Balaban J connectivity index is 0.00000225. The molecule has 0 aliphatic rings. The largest absolute Gasteiger partial charge is 0.362 e. The molecule has 1 amide bonds. The van der Waals surface area contributed by atoms with Crippen LogP contribution in [0.4, 0.5) is 23.1 Å². The fraction of sp³-hybridized carbons (Fsp3) is 0.167. The monoisotopic (exact) mass is 357 g/mol. The Labute approximate surface area is 152 Å². The van der Waals surface area contributed by atoms with Crippen LogP contribution in [-0.2, 0) is 4.79 Å². The summed E-state index contributed by atoms with van der Waals surface area (Å²) in [5.74, 6) is 1.25. The second kappa shape index (κ2) is 7.81. The summed E-state index contributed by atoms with van der Waals surface area (Å²) >= 11 is 0. The van der Waals surface area contributed by atoms with Crippen LogP contribution in [0.3, 0.4) is 0 Å². The molecule has 1 aromatic heterocycles. The maximum Gasteiger partial charge on any atom is 0.229 e. The number of anilines is 4. The highest BCUT2D eigenvalue weighted by molar-refractivity contribution is 5.91. The van der Waals surface area contributed by atoms with Gasteiger partial charge in [0.2, 0.25) is 11.9 Å². The van der Waals surface area contributed by atoms with Crippen molar-refractivity contribution in [1.29, 1.82) is 0 Å². The molecule has 0 bridgehead atoms. The van der Waals surface area contributed by atoms with Gasteiger partial charge in [0.05, 0.1) is 5.52 Å². The number of carbonyl (C=O) groups is 1. The minimum Gasteiger partial charge on any atom is -0.362 e. The van der Waals surface area contributed by atoms with Crippen LogP contribution in [-0.4, -0.2) is 30.0 Å². The number of carbonyl (C=O) groups excluding carboxylic acids is 1. The Hall–Kier alpha value is -2.86. The van der Waals surface area contributed by atoms with Gasteiger partial charge in [0.25, 0.3) is 0 Å². The summed E-state index contributed by atoms with van der Waals surface area (Å²) in [5.41, 5.74) is 2.40. The zero-order valence-electron chi connectivity index (χ0n) is 14.3. The molecule has 0 saturated heterocycles. The molecular weight excluding hydrogens is 338 g/mol. The quantitative estimate of drug-likeness (QED) is 0.742. The predicted octanol–water partition coefficient (Wildman–Crippen LogP) is 3.82. The molecule has 3 aromatic rings. The molecule has 0 saturated carbocycles. The van der Waals surface area contributed by atoms with Crippen molar-refractivity contribution in [1.82, 2.24) is 9.97 Å². The lowest BCUT2D eigenvalue weighted by Gasteiger charge is -2.16. The van der Waals surface area contributed by atoms with Gasteiger partial charge in [0, 0.05) is 37.8 Å². The van der Waals surface area contributed by atoms with Crippen LogP contribution in [0.1, 0.15) is 6.92 Å². The van der Waals surface area contributed by atoms with E-state index in [1.165, 1.54) is 6.92 Å². The molecule has 130 valence electrons. The Morgan fingerprint density at radius 3 is 2.44 bits per heavy atom. The summed E-state index contributed by atoms with van der Waals surface area (Å²) in [5, 5.41) is 6.97. The number of aromatic nitrogens is 2. The van der Waals surface area contributed by atoms with Crippen molar-refractivity contribution < 1.29 is 4.79 Å². The molecule has 0 atom stereocenters. The zero-order chi connectivity index (χ0) is 17.1. The average molecular weight is 358 g/mol. The molecule has 0 radical (unpaired) electrons. The minimum atomic E-state index is -0.107. The van der Waals surface area contributed by atoms with E-state index in [0.717, 1.165) is 28.1 Å². The van der Waals surface area contributed by atoms with Crippen molar-refractivity contribution in [3.05, 3.63) is 48.5 Å². The number of nitrogens with zero attached hydrogens (tertiary/aromatic N) is 3. The fourth-order valence-electron chi connectivity index (χ4n) is 2.46. The topological polar surface area (TPSA) is 70.2 Å². The summed E-state index contributed by atoms with van der Waals surface area (Å²) in [6, 6.07) is 15.3. The summed E-state index contributed by atoms with van der Waals surface area (Å²) in [6.07, 6.45) is 0. The van der Waals surface area contributed by atoms with Gasteiger partial charge in [-0.05, 0) is 30.3 Å². The van der Waals surface area contributed by atoms with Crippen molar-refractivity contribution in [3.8, 4) is 0 Å². The maximum absolute atomic E-state index is 11.2. The number of halogens is 1. The van der Waals surface area contributed by atoms with E-state index in [-0.39, 0.29) is 18.3 Å². The second-order valence-corrected chi connectivity index (χ2v) is 5.67. The van der Waals surface area contributed by atoms with Crippen LogP contribution >= 0.6 is 12.4 Å². The molecule has 0 unspecified atom stereocenters. The van der Waals surface area contributed by atoms with Crippen LogP contribution in [0.25, 0.3) is 10.9 Å². The van der Waals surface area contributed by atoms with E-state index < -0.39 is 0 Å². The van der Waals surface area contributed by atoms with Gasteiger partial charge in [-0.2, -0.15) is 4.98 Å². The summed E-state index contributed by atoms with van der Waals surface area (Å²) in [6.45, 7) is 1.48. The van der Waals surface area contributed by atoms with Crippen molar-refractivity contribution in [2.24, 2.45) is 0 Å². The normalized spacial score (nSPS) is 10.0. The molecule has 1 heterocycles. The van der Waals surface area contributed by atoms with Gasteiger partial charge in [0.1, 0.15) is 5.82 Å². The van der Waals surface area contributed by atoms with Crippen molar-refractivity contribution >= 4 is 52.4 Å². The van der Waals surface area contributed by atoms with E-state index in [1.54, 1.807) is 0 Å². The first kappa shape index (κ1) is 18.5. The number of amides is 1. The van der Waals surface area contributed by atoms with Gasteiger partial charge < -0.3 is 15.5 Å². The first-order chi connectivity index (χ1) is 11.5. The van der Waals surface area contributed by atoms with Crippen LogP contribution in [0, 0.1) is 0 Å². The Morgan fingerprint density at radius 2 is 1.72 bits per heavy atom. The molecule has 2 aromatic carbocycles. The lowest BCUT2D eigenvalue weighted by Crippen LogP contribution is -2.13. The summed E-state index contributed by atoms with van der Waals surface area (Å²) < 4.78 is 0. The molecule has 0 fully saturated rings. The van der Waals surface area contributed by atoms with E-state index in [4.69, 9.17) is 0 Å². The first-order valence-corrected chi connectivity index (χ1v) is 7.62. The molecule has 0 aliphatic carbocycles. The van der Waals surface area contributed by atoms with Crippen molar-refractivity contribution in [2.75, 3.05) is 29.6 Å². The molecular formula is C18H20ClN5O. The molecule has 2 N–H and O–H groups in total. The van der Waals surface area contributed by atoms with E-state index in [1.807, 2.05) is 67.5 Å². The molecule has 0 aliphatic heterocycles. The van der Waals surface area contributed by atoms with E-state index in [0.29, 0.717) is 5.95 Å². The Kier molecular flexibility index (Phi) is 5.77. The number of rotatable bonds is 4. The van der Waals surface area contributed by atoms with Gasteiger partial charge >= 0.3 is 0 Å². The van der Waals surface area contributed by atoms with Gasteiger partial charge in [-0.15, -0.1) is 12.4 Å². The second-order valence-electron chi connectivity index (χ2n) is 5.67. The fourth-order valence-corrected chi connectivity index (χ4v) is 2.46. The molecule has 7 heteroatoms. The third kappa shape index (κ3) is 4.36. The van der Waals surface area contributed by atoms with Crippen molar-refractivity contribution in [3.63, 3.8) is 0 Å². The SMILES string of the molecule is CC(=O)Nc1cccc(Nc2nc(N(C)C)c3ccccc3n2)c1.Cl. The van der Waals surface area contributed by atoms with Crippen LogP contribution in [0.5, 0.6) is 0 Å². The number of nitrogens with one attached hydrogen (secondary N) is 2. The zero-order valence-corrected chi connectivity index (χ0v) is 15.1. The Bertz CT molecular complexity index is 898. The summed E-state index contributed by atoms with van der Waals surface area (Å²) in [7, 11) is 3.91. The number of benzene rings is 2. The van der Waals surface area contributed by atoms with Gasteiger partial charge in [0.15, 0.2) is 0 Å². The van der Waals surface area contributed by atoms with Gasteiger partial charge in [-0.1, -0.05) is 18.2 Å². The van der Waals surface area contributed by atoms with E-state index >= 15 is 0 Å². The number of hydrogen-bond acceptors (Lipinski definition) is 5. The number of para-hydroxylation sites is 1. The van der Waals surface area contributed by atoms with Crippen LogP contribution < -0.4 is 15.5 Å². The number of fused-ring (bicyclic) bond motifs is 1. The Morgan fingerprint density at radius 1 is 1.00 bits per heavy atom. The highest BCUT2D eigenvalue weighted by atomic mass is 35.5. The predicted molar refractivity (Wildman–Crippen MR) is 105 cm³/mol. The van der Waals surface area contributed by atoms with E-state index in [2.05, 4.69) is 20.6 Å². The van der Waals surface area contributed by atoms with Gasteiger partial charge in [-0.25, -0.2) is 4.98 Å². The molecule has 25 heavy (non-hydrogen) atoms. The van der Waals surface area contributed by atoms with Crippen LogP contribution in [0.15, 0.2) is 48.5 Å². The number of hydrogen-bond donors (Lipinski definition) is 2. The molecule has 0 spiro atoms. The lowest BCUT2D eigenvalue weighted by atomic mass is 10.2. The highest BCUT2D eigenvalue weighted by Crippen LogP contribution is 2.25. The lowest BCUT2D eigenvalue weighted by molar-refractivity contribution is -0.114. The van der Waals surface area contributed by atoms with Crippen LogP contribution in [0.2, 0.25) is 0 Å². The minimum absolute atomic E-state index is 0. The third-order valence-corrected chi connectivity index (χ3v) is 3.45. The first-order valence-electron chi connectivity index (χ1n) is 7.62. The van der Waals surface area contributed by atoms with Crippen molar-refractivity contribution in [2.45, 2.75) is 6.92 Å². The van der Waals surface area contributed by atoms with E-state index in [9.17, 15) is 4.79 Å². The average Bonchev–Trinajstić information content (AvgIpc) is 2.53. The third-order valence-electron chi connectivity index (χ3n) is 3.45. The molecule has 3 rings (SSSR count). The highest BCUT2D eigenvalue weighted by Gasteiger charge is 2.09. The summed E-state index contributed by atoms with van der Waals surface area (Å²) in [4.78, 5) is 22.3.